The van der Waals surface area contributed by atoms with Gasteiger partial charge >= 0.3 is 5.97 Å². The van der Waals surface area contributed by atoms with Crippen molar-refractivity contribution in [3.63, 3.8) is 0 Å². The molecule has 2 aromatic carbocycles. The summed E-state index contributed by atoms with van der Waals surface area (Å²) in [5, 5.41) is 0. The number of sulfonamides is 1. The molecule has 0 heterocycles. The van der Waals surface area contributed by atoms with Gasteiger partial charge in [-0.25, -0.2) is 39.2 Å². The van der Waals surface area contributed by atoms with Crippen molar-refractivity contribution in [1.82, 2.24) is 4.31 Å². The van der Waals surface area contributed by atoms with Crippen LogP contribution in [0.3, 0.4) is 0 Å². The Morgan fingerprint density at radius 1 is 0.875 bits per heavy atom. The zero-order chi connectivity index (χ0) is 24.6. The van der Waals surface area contributed by atoms with E-state index in [9.17, 15) is 43.9 Å². The van der Waals surface area contributed by atoms with Crippen molar-refractivity contribution in [2.75, 3.05) is 6.54 Å². The largest absolute Gasteiger partial charge is 0.459 e. The lowest BCUT2D eigenvalue weighted by Gasteiger charge is -2.25. The molecule has 0 aromatic heterocycles. The summed E-state index contributed by atoms with van der Waals surface area (Å²) < 4.78 is 126. The smallest absolute Gasteiger partial charge is 0.321 e. The molecule has 0 fully saturated rings. The molecule has 0 saturated heterocycles. The third-order valence-corrected chi connectivity index (χ3v) is 5.64. The van der Waals surface area contributed by atoms with Gasteiger partial charge in [0.2, 0.25) is 10.0 Å². The van der Waals surface area contributed by atoms with Crippen LogP contribution in [-0.4, -0.2) is 30.8 Å². The number of esters is 1. The first-order valence-electron chi connectivity index (χ1n) is 8.73. The van der Waals surface area contributed by atoms with Crippen LogP contribution in [-0.2, 0) is 26.1 Å². The first-order chi connectivity index (χ1) is 14.5. The summed E-state index contributed by atoms with van der Waals surface area (Å²) in [6.45, 7) is 1.63. The molecule has 0 spiro atoms. The fourth-order valence-corrected chi connectivity index (χ4v) is 3.94. The van der Waals surface area contributed by atoms with Gasteiger partial charge < -0.3 is 4.74 Å². The van der Waals surface area contributed by atoms with Gasteiger partial charge in [0.15, 0.2) is 23.3 Å². The van der Waals surface area contributed by atoms with Crippen LogP contribution >= 0.6 is 0 Å². The number of rotatable bonds is 6. The molecule has 0 aliphatic carbocycles. The molecule has 0 amide bonds. The Morgan fingerprint density at radius 3 is 1.91 bits per heavy atom. The van der Waals surface area contributed by atoms with E-state index in [1.54, 1.807) is 0 Å². The molecule has 176 valence electrons. The van der Waals surface area contributed by atoms with Gasteiger partial charge in [0.1, 0.15) is 34.5 Å². The normalized spacial score (nSPS) is 12.3. The van der Waals surface area contributed by atoms with Gasteiger partial charge in [-0.15, -0.1) is 0 Å². The molecule has 13 heteroatoms. The number of benzene rings is 2. The molecule has 0 aliphatic heterocycles. The molecule has 2 rings (SSSR count). The zero-order valence-corrected chi connectivity index (χ0v) is 17.6. The van der Waals surface area contributed by atoms with Crippen molar-refractivity contribution in [3.05, 3.63) is 64.5 Å². The summed E-state index contributed by atoms with van der Waals surface area (Å²) in [4.78, 5) is 10.4. The highest BCUT2D eigenvalue weighted by atomic mass is 32.2. The lowest BCUT2D eigenvalue weighted by atomic mass is 10.2. The van der Waals surface area contributed by atoms with E-state index >= 15 is 0 Å². The van der Waals surface area contributed by atoms with Gasteiger partial charge in [-0.1, -0.05) is 0 Å². The summed E-state index contributed by atoms with van der Waals surface area (Å²) in [6, 6.07) is 0.242. The summed E-state index contributed by atoms with van der Waals surface area (Å²) in [6.07, 6.45) is 0. The first kappa shape index (κ1) is 25.6. The van der Waals surface area contributed by atoms with Crippen LogP contribution in [0.5, 0.6) is 0 Å². The van der Waals surface area contributed by atoms with E-state index in [0.29, 0.717) is 0 Å². The van der Waals surface area contributed by atoms with Crippen molar-refractivity contribution in [2.45, 2.75) is 37.8 Å². The van der Waals surface area contributed by atoms with Gasteiger partial charge in [-0.2, -0.15) is 4.31 Å². The van der Waals surface area contributed by atoms with Crippen LogP contribution in [0.15, 0.2) is 23.1 Å². The minimum atomic E-state index is -5.40. The quantitative estimate of drug-likeness (QED) is 0.265. The number of carbonyl (C=O) groups is 1. The summed E-state index contributed by atoms with van der Waals surface area (Å²) in [5.41, 5.74) is -2.19. The number of ether oxygens (including phenoxy) is 1. The molecule has 2 aromatic rings. The number of nitrogens with zero attached hydrogens (tertiary/aromatic N) is 1. The second-order valence-electron chi connectivity index (χ2n) is 7.51. The molecule has 5 nitrogen and oxygen atoms in total. The standard InChI is InChI=1S/C19H16F7NO4S/c1-19(2,3)31-15(28)8-27(7-10-11(21)4-9(20)5-12(10)22)32(29,30)14-6-13(23)16(24)18(26)17(14)25/h4-6H,7-8H2,1-3H3. The van der Waals surface area contributed by atoms with Crippen molar-refractivity contribution in [3.8, 4) is 0 Å². The van der Waals surface area contributed by atoms with Crippen LogP contribution in [0.4, 0.5) is 30.7 Å². The van der Waals surface area contributed by atoms with E-state index in [1.807, 2.05) is 0 Å². The van der Waals surface area contributed by atoms with Crippen LogP contribution in [0.25, 0.3) is 0 Å². The van der Waals surface area contributed by atoms with Gasteiger partial charge in [-0.05, 0) is 20.8 Å². The van der Waals surface area contributed by atoms with Gasteiger partial charge in [-0.3, -0.25) is 4.79 Å². The van der Waals surface area contributed by atoms with Crippen molar-refractivity contribution in [1.29, 1.82) is 0 Å². The third-order valence-electron chi connectivity index (χ3n) is 3.85. The van der Waals surface area contributed by atoms with Crippen LogP contribution < -0.4 is 0 Å². The van der Waals surface area contributed by atoms with Gasteiger partial charge in [0.05, 0.1) is 0 Å². The SMILES string of the molecule is CC(C)(C)OC(=O)CN(Cc1c(F)cc(F)cc1F)S(=O)(=O)c1cc(F)c(F)c(F)c1F. The van der Waals surface area contributed by atoms with E-state index in [4.69, 9.17) is 4.74 Å². The van der Waals surface area contributed by atoms with Crippen molar-refractivity contribution in [2.24, 2.45) is 0 Å². The topological polar surface area (TPSA) is 63.7 Å². The van der Waals surface area contributed by atoms with Crippen molar-refractivity contribution >= 4 is 16.0 Å². The molecular formula is C19H16F7NO4S. The second-order valence-corrected chi connectivity index (χ2v) is 9.41. The number of carbonyl (C=O) groups excluding carboxylic acids is 1. The molecule has 0 unspecified atom stereocenters. The Labute approximate surface area is 178 Å². The molecule has 0 N–H and O–H groups in total. The van der Waals surface area contributed by atoms with Crippen LogP contribution in [0, 0.1) is 40.7 Å². The lowest BCUT2D eigenvalue weighted by molar-refractivity contribution is -0.155. The maximum absolute atomic E-state index is 14.2. The minimum Gasteiger partial charge on any atom is -0.459 e. The lowest BCUT2D eigenvalue weighted by Crippen LogP contribution is -2.39. The van der Waals surface area contributed by atoms with E-state index < -0.39 is 85.9 Å². The fourth-order valence-electron chi connectivity index (χ4n) is 2.52. The predicted molar refractivity (Wildman–Crippen MR) is 96.0 cm³/mol. The minimum absolute atomic E-state index is 0.0460. The Hall–Kier alpha value is -2.67. The number of halogens is 7. The molecule has 0 aliphatic rings. The second kappa shape index (κ2) is 9.06. The highest BCUT2D eigenvalue weighted by Crippen LogP contribution is 2.28. The summed E-state index contributed by atoms with van der Waals surface area (Å²) >= 11 is 0. The highest BCUT2D eigenvalue weighted by Gasteiger charge is 2.35. The molecule has 0 atom stereocenters. The zero-order valence-electron chi connectivity index (χ0n) is 16.8. The fraction of sp³-hybridized carbons (Fsp3) is 0.316. The first-order valence-corrected chi connectivity index (χ1v) is 10.2. The van der Waals surface area contributed by atoms with Crippen molar-refractivity contribution < 1.29 is 48.7 Å². The Morgan fingerprint density at radius 2 is 1.41 bits per heavy atom. The van der Waals surface area contributed by atoms with E-state index in [2.05, 4.69) is 0 Å². The molecule has 0 bridgehead atoms. The number of hydrogen-bond acceptors (Lipinski definition) is 4. The molecule has 32 heavy (non-hydrogen) atoms. The molecule has 0 radical (unpaired) electrons. The van der Waals surface area contributed by atoms with Crippen LogP contribution in [0.2, 0.25) is 0 Å². The Balaban J connectivity index is 2.62. The van der Waals surface area contributed by atoms with Crippen LogP contribution in [0.1, 0.15) is 26.3 Å². The van der Waals surface area contributed by atoms with Gasteiger partial charge in [0, 0.05) is 30.3 Å². The Bertz CT molecular complexity index is 1140. The highest BCUT2D eigenvalue weighted by molar-refractivity contribution is 7.89. The average Bonchev–Trinajstić information content (AvgIpc) is 2.63. The maximum atomic E-state index is 14.2. The summed E-state index contributed by atoms with van der Waals surface area (Å²) in [5.74, 6) is -14.9. The molecule has 0 saturated carbocycles. The third kappa shape index (κ3) is 5.57. The van der Waals surface area contributed by atoms with E-state index in [-0.39, 0.29) is 22.5 Å². The summed E-state index contributed by atoms with van der Waals surface area (Å²) in [7, 11) is -5.40. The predicted octanol–water partition coefficient (Wildman–Crippen LogP) is 4.19. The maximum Gasteiger partial charge on any atom is 0.321 e. The van der Waals surface area contributed by atoms with Gasteiger partial charge in [0.25, 0.3) is 0 Å². The molecular weight excluding hydrogens is 471 g/mol. The van der Waals surface area contributed by atoms with E-state index in [0.717, 1.165) is 0 Å². The Kier molecular flexibility index (Phi) is 7.24. The average molecular weight is 487 g/mol. The monoisotopic (exact) mass is 487 g/mol. The van der Waals surface area contributed by atoms with E-state index in [1.165, 1.54) is 20.8 Å². The number of hydrogen-bond donors (Lipinski definition) is 0.